The number of anilines is 1. The number of aryl methyl sites for hydroxylation is 1. The number of methoxy groups -OCH3 is 1. The van der Waals surface area contributed by atoms with Gasteiger partial charge in [-0.05, 0) is 25.7 Å². The van der Waals surface area contributed by atoms with E-state index in [2.05, 4.69) is 15.3 Å². The quantitative estimate of drug-likeness (QED) is 0.648. The van der Waals surface area contributed by atoms with Crippen LogP contribution < -0.4 is 5.32 Å². The van der Waals surface area contributed by atoms with Crippen LogP contribution in [0.4, 0.5) is 5.95 Å². The van der Waals surface area contributed by atoms with Crippen molar-refractivity contribution in [1.82, 2.24) is 9.97 Å². The fourth-order valence-electron chi connectivity index (χ4n) is 1.89. The predicted octanol–water partition coefficient (Wildman–Crippen LogP) is 2.07. The molecule has 2 rings (SSSR count). The fraction of sp³-hybridized carbons (Fsp3) is 0.636. The molecule has 0 atom stereocenters. The van der Waals surface area contributed by atoms with Crippen molar-refractivity contribution in [3.05, 3.63) is 16.4 Å². The van der Waals surface area contributed by atoms with Gasteiger partial charge in [-0.2, -0.15) is 0 Å². The zero-order valence-corrected chi connectivity index (χ0v) is 10.2. The predicted molar refractivity (Wildman–Crippen MR) is 64.0 cm³/mol. The first kappa shape index (κ1) is 11.6. The molecule has 1 heterocycles. The van der Waals surface area contributed by atoms with Crippen molar-refractivity contribution in [1.29, 1.82) is 0 Å². The van der Waals surface area contributed by atoms with Gasteiger partial charge >= 0.3 is 0 Å². The van der Waals surface area contributed by atoms with Crippen molar-refractivity contribution in [3.63, 3.8) is 0 Å². The summed E-state index contributed by atoms with van der Waals surface area (Å²) in [6.45, 7) is 1.34. The smallest absolute Gasteiger partial charge is 0.224 e. The van der Waals surface area contributed by atoms with Crippen molar-refractivity contribution in [2.24, 2.45) is 0 Å². The fourth-order valence-corrected chi connectivity index (χ4v) is 2.18. The van der Waals surface area contributed by atoms with E-state index in [1.165, 1.54) is 12.8 Å². The number of nitrogens with one attached hydrogen (secondary N) is 1. The lowest BCUT2D eigenvalue weighted by molar-refractivity contribution is 0.210. The Hall–Kier alpha value is -0.870. The van der Waals surface area contributed by atoms with Crippen LogP contribution in [0.15, 0.2) is 0 Å². The highest BCUT2D eigenvalue weighted by Crippen LogP contribution is 2.26. The number of nitrogens with zero attached hydrogens (tertiary/aromatic N) is 2. The molecule has 1 aliphatic rings. The molecule has 0 aromatic carbocycles. The number of halogens is 1. The molecule has 0 bridgehead atoms. The Labute approximate surface area is 100 Å². The molecule has 1 N–H and O–H groups in total. The first-order chi connectivity index (χ1) is 7.81. The summed E-state index contributed by atoms with van der Waals surface area (Å²) < 4.78 is 4.96. The van der Waals surface area contributed by atoms with E-state index in [1.54, 1.807) is 7.11 Å². The minimum absolute atomic E-state index is 0.601. The third-order valence-corrected chi connectivity index (χ3v) is 3.03. The summed E-state index contributed by atoms with van der Waals surface area (Å²) in [5, 5.41) is 3.71. The SMILES string of the molecule is COCCNc1nc(Cl)c2c(n1)CCCC2. The van der Waals surface area contributed by atoms with Crippen molar-refractivity contribution in [2.45, 2.75) is 25.7 Å². The van der Waals surface area contributed by atoms with Gasteiger partial charge in [0.25, 0.3) is 0 Å². The topological polar surface area (TPSA) is 47.0 Å². The molecule has 0 spiro atoms. The van der Waals surface area contributed by atoms with Crippen LogP contribution in [0.3, 0.4) is 0 Å². The van der Waals surface area contributed by atoms with Crippen LogP contribution in [-0.2, 0) is 17.6 Å². The number of ether oxygens (including phenoxy) is 1. The maximum atomic E-state index is 6.14. The summed E-state index contributed by atoms with van der Waals surface area (Å²) in [7, 11) is 1.67. The second-order valence-electron chi connectivity index (χ2n) is 3.89. The molecule has 4 nitrogen and oxygen atoms in total. The van der Waals surface area contributed by atoms with E-state index in [9.17, 15) is 0 Å². The zero-order valence-electron chi connectivity index (χ0n) is 9.42. The van der Waals surface area contributed by atoms with E-state index in [-0.39, 0.29) is 0 Å². The van der Waals surface area contributed by atoms with Crippen molar-refractivity contribution < 1.29 is 4.74 Å². The van der Waals surface area contributed by atoms with Crippen LogP contribution in [-0.4, -0.2) is 30.2 Å². The average molecular weight is 242 g/mol. The lowest BCUT2D eigenvalue weighted by atomic mass is 9.97. The Kier molecular flexibility index (Phi) is 3.96. The summed E-state index contributed by atoms with van der Waals surface area (Å²) in [4.78, 5) is 8.73. The lowest BCUT2D eigenvalue weighted by Crippen LogP contribution is -2.14. The molecule has 1 aromatic heterocycles. The third kappa shape index (κ3) is 2.62. The van der Waals surface area contributed by atoms with Gasteiger partial charge in [-0.15, -0.1) is 0 Å². The van der Waals surface area contributed by atoms with Crippen LogP contribution in [0.25, 0.3) is 0 Å². The summed E-state index contributed by atoms with van der Waals surface area (Å²) in [5.41, 5.74) is 2.23. The molecule has 1 aliphatic carbocycles. The Morgan fingerprint density at radius 2 is 2.12 bits per heavy atom. The molecule has 0 aliphatic heterocycles. The van der Waals surface area contributed by atoms with E-state index in [4.69, 9.17) is 16.3 Å². The van der Waals surface area contributed by atoms with Crippen molar-refractivity contribution in [2.75, 3.05) is 25.6 Å². The highest BCUT2D eigenvalue weighted by atomic mass is 35.5. The molecule has 0 unspecified atom stereocenters. The van der Waals surface area contributed by atoms with Crippen molar-refractivity contribution >= 4 is 17.5 Å². The Bertz CT molecular complexity index is 370. The molecule has 16 heavy (non-hydrogen) atoms. The van der Waals surface area contributed by atoms with Crippen LogP contribution in [0.5, 0.6) is 0 Å². The van der Waals surface area contributed by atoms with E-state index in [0.717, 1.165) is 24.1 Å². The highest BCUT2D eigenvalue weighted by molar-refractivity contribution is 6.30. The first-order valence-corrected chi connectivity index (χ1v) is 5.97. The van der Waals surface area contributed by atoms with Gasteiger partial charge in [0, 0.05) is 19.2 Å². The Morgan fingerprint density at radius 1 is 1.31 bits per heavy atom. The Morgan fingerprint density at radius 3 is 2.94 bits per heavy atom. The number of fused-ring (bicyclic) bond motifs is 1. The van der Waals surface area contributed by atoms with Gasteiger partial charge < -0.3 is 10.1 Å². The maximum Gasteiger partial charge on any atom is 0.224 e. The molecule has 0 saturated carbocycles. The van der Waals surface area contributed by atoms with Gasteiger partial charge in [0.15, 0.2) is 0 Å². The molecule has 5 heteroatoms. The van der Waals surface area contributed by atoms with Gasteiger partial charge in [-0.1, -0.05) is 11.6 Å². The van der Waals surface area contributed by atoms with Crippen LogP contribution in [0.2, 0.25) is 5.15 Å². The molecular weight excluding hydrogens is 226 g/mol. The minimum atomic E-state index is 0.601. The number of aromatic nitrogens is 2. The molecular formula is C11H16ClN3O. The van der Waals surface area contributed by atoms with E-state index >= 15 is 0 Å². The first-order valence-electron chi connectivity index (χ1n) is 5.59. The van der Waals surface area contributed by atoms with E-state index in [1.807, 2.05) is 0 Å². The van der Waals surface area contributed by atoms with Crippen LogP contribution in [0, 0.1) is 0 Å². The van der Waals surface area contributed by atoms with Gasteiger partial charge in [0.05, 0.1) is 12.3 Å². The normalized spacial score (nSPS) is 14.6. The van der Waals surface area contributed by atoms with Crippen LogP contribution >= 0.6 is 11.6 Å². The molecule has 0 saturated heterocycles. The average Bonchev–Trinajstić information content (AvgIpc) is 2.30. The zero-order chi connectivity index (χ0) is 11.4. The summed E-state index contributed by atoms with van der Waals surface area (Å²) >= 11 is 6.14. The van der Waals surface area contributed by atoms with Gasteiger partial charge in [0.2, 0.25) is 5.95 Å². The van der Waals surface area contributed by atoms with E-state index < -0.39 is 0 Å². The highest BCUT2D eigenvalue weighted by Gasteiger charge is 2.16. The maximum absolute atomic E-state index is 6.14. The second-order valence-corrected chi connectivity index (χ2v) is 4.25. The number of hydrogen-bond acceptors (Lipinski definition) is 4. The molecule has 0 radical (unpaired) electrons. The largest absolute Gasteiger partial charge is 0.383 e. The number of rotatable bonds is 4. The molecule has 88 valence electrons. The summed E-state index contributed by atoms with van der Waals surface area (Å²) in [5.74, 6) is 0.614. The molecule has 1 aromatic rings. The lowest BCUT2D eigenvalue weighted by Gasteiger charge is -2.16. The molecule has 0 amide bonds. The van der Waals surface area contributed by atoms with Gasteiger partial charge in [-0.25, -0.2) is 9.97 Å². The van der Waals surface area contributed by atoms with Gasteiger partial charge in [-0.3, -0.25) is 0 Å². The standard InChI is InChI=1S/C11H16ClN3O/c1-16-7-6-13-11-14-9-5-3-2-4-8(9)10(12)15-11/h2-7H2,1H3,(H,13,14,15). The second kappa shape index (κ2) is 5.46. The summed E-state index contributed by atoms with van der Waals surface area (Å²) in [6.07, 6.45) is 4.40. The van der Waals surface area contributed by atoms with Crippen molar-refractivity contribution in [3.8, 4) is 0 Å². The monoisotopic (exact) mass is 241 g/mol. The Balaban J connectivity index is 2.12. The summed E-state index contributed by atoms with van der Waals surface area (Å²) in [6, 6.07) is 0. The molecule has 0 fully saturated rings. The van der Waals surface area contributed by atoms with Crippen LogP contribution in [0.1, 0.15) is 24.1 Å². The minimum Gasteiger partial charge on any atom is -0.383 e. The number of hydrogen-bond donors (Lipinski definition) is 1. The third-order valence-electron chi connectivity index (χ3n) is 2.72. The van der Waals surface area contributed by atoms with E-state index in [0.29, 0.717) is 24.3 Å². The van der Waals surface area contributed by atoms with Gasteiger partial charge in [0.1, 0.15) is 5.15 Å².